The molecule has 1 aliphatic rings. The van der Waals surface area contributed by atoms with E-state index in [9.17, 15) is 0 Å². The van der Waals surface area contributed by atoms with Crippen LogP contribution in [0, 0.1) is 5.41 Å². The zero-order chi connectivity index (χ0) is 12.5. The number of nitrogens with one attached hydrogen (secondary N) is 1. The van der Waals surface area contributed by atoms with Crippen LogP contribution < -0.4 is 10.1 Å². The Labute approximate surface area is 104 Å². The molecule has 94 valence electrons. The summed E-state index contributed by atoms with van der Waals surface area (Å²) < 4.78 is 5.66. The van der Waals surface area contributed by atoms with Crippen LogP contribution in [0.2, 0.25) is 0 Å². The third-order valence-corrected chi connectivity index (χ3v) is 3.61. The Kier molecular flexibility index (Phi) is 3.43. The van der Waals surface area contributed by atoms with Crippen molar-refractivity contribution in [3.63, 3.8) is 0 Å². The summed E-state index contributed by atoms with van der Waals surface area (Å²) in [5.74, 6) is 0.958. The van der Waals surface area contributed by atoms with Gasteiger partial charge in [-0.2, -0.15) is 0 Å². The highest BCUT2D eigenvalue weighted by molar-refractivity contribution is 5.31. The van der Waals surface area contributed by atoms with Crippen molar-refractivity contribution in [3.8, 4) is 5.75 Å². The van der Waals surface area contributed by atoms with Crippen LogP contribution in [0.25, 0.3) is 0 Å². The SMILES string of the molecule is CNC(c1ccc(OC(C)C)cc1)C1(C)CC1. The first-order chi connectivity index (χ1) is 8.05. The van der Waals surface area contributed by atoms with E-state index in [1.807, 2.05) is 7.05 Å². The van der Waals surface area contributed by atoms with Gasteiger partial charge < -0.3 is 10.1 Å². The van der Waals surface area contributed by atoms with Crippen LogP contribution in [0.5, 0.6) is 5.75 Å². The Morgan fingerprint density at radius 1 is 1.18 bits per heavy atom. The molecule has 1 unspecified atom stereocenters. The van der Waals surface area contributed by atoms with Gasteiger partial charge in [0.2, 0.25) is 0 Å². The predicted octanol–water partition coefficient (Wildman–Crippen LogP) is 3.53. The topological polar surface area (TPSA) is 21.3 Å². The summed E-state index contributed by atoms with van der Waals surface area (Å²) in [6, 6.07) is 8.98. The average molecular weight is 233 g/mol. The van der Waals surface area contributed by atoms with Crippen LogP contribution in [0.4, 0.5) is 0 Å². The van der Waals surface area contributed by atoms with E-state index in [1.165, 1.54) is 18.4 Å². The van der Waals surface area contributed by atoms with E-state index in [0.717, 1.165) is 5.75 Å². The lowest BCUT2D eigenvalue weighted by molar-refractivity contribution is 0.242. The van der Waals surface area contributed by atoms with E-state index in [1.54, 1.807) is 0 Å². The molecule has 1 N–H and O–H groups in total. The number of benzene rings is 1. The van der Waals surface area contributed by atoms with Crippen LogP contribution >= 0.6 is 0 Å². The molecule has 1 aromatic carbocycles. The largest absolute Gasteiger partial charge is 0.491 e. The van der Waals surface area contributed by atoms with Gasteiger partial charge in [0.25, 0.3) is 0 Å². The van der Waals surface area contributed by atoms with E-state index in [4.69, 9.17) is 4.74 Å². The van der Waals surface area contributed by atoms with Crippen molar-refractivity contribution >= 4 is 0 Å². The number of hydrogen-bond acceptors (Lipinski definition) is 2. The quantitative estimate of drug-likeness (QED) is 0.840. The average Bonchev–Trinajstić information content (AvgIpc) is 3.00. The smallest absolute Gasteiger partial charge is 0.119 e. The summed E-state index contributed by atoms with van der Waals surface area (Å²) in [6.07, 6.45) is 2.88. The van der Waals surface area contributed by atoms with Crippen molar-refractivity contribution in [2.24, 2.45) is 5.41 Å². The van der Waals surface area contributed by atoms with E-state index >= 15 is 0 Å². The Morgan fingerprint density at radius 2 is 1.76 bits per heavy atom. The standard InChI is InChI=1S/C15H23NO/c1-11(2)17-13-7-5-12(6-8-13)14(16-4)15(3)9-10-15/h5-8,11,14,16H,9-10H2,1-4H3. The summed E-state index contributed by atoms with van der Waals surface area (Å²) in [5, 5.41) is 3.44. The molecule has 0 saturated heterocycles. The van der Waals surface area contributed by atoms with Gasteiger partial charge in [0.15, 0.2) is 0 Å². The molecule has 0 bridgehead atoms. The van der Waals surface area contributed by atoms with E-state index < -0.39 is 0 Å². The molecule has 17 heavy (non-hydrogen) atoms. The van der Waals surface area contributed by atoms with E-state index in [0.29, 0.717) is 11.5 Å². The molecule has 0 aliphatic heterocycles. The van der Waals surface area contributed by atoms with Crippen molar-refractivity contribution in [2.75, 3.05) is 7.05 Å². The maximum atomic E-state index is 5.66. The zero-order valence-corrected chi connectivity index (χ0v) is 11.3. The van der Waals surface area contributed by atoms with Crippen molar-refractivity contribution in [1.82, 2.24) is 5.32 Å². The molecular weight excluding hydrogens is 210 g/mol. The monoisotopic (exact) mass is 233 g/mol. The Hall–Kier alpha value is -1.02. The van der Waals surface area contributed by atoms with Crippen molar-refractivity contribution in [3.05, 3.63) is 29.8 Å². The lowest BCUT2D eigenvalue weighted by Crippen LogP contribution is -2.24. The van der Waals surface area contributed by atoms with Crippen LogP contribution in [-0.4, -0.2) is 13.2 Å². The lowest BCUT2D eigenvalue weighted by Gasteiger charge is -2.23. The van der Waals surface area contributed by atoms with E-state index in [-0.39, 0.29) is 6.10 Å². The van der Waals surface area contributed by atoms with Crippen molar-refractivity contribution in [2.45, 2.75) is 45.8 Å². The molecule has 2 nitrogen and oxygen atoms in total. The Balaban J connectivity index is 2.11. The molecule has 1 aliphatic carbocycles. The second-order valence-electron chi connectivity index (χ2n) is 5.61. The first kappa shape index (κ1) is 12.4. The molecule has 0 radical (unpaired) electrons. The third-order valence-electron chi connectivity index (χ3n) is 3.61. The van der Waals surface area contributed by atoms with Gasteiger partial charge in [-0.25, -0.2) is 0 Å². The maximum absolute atomic E-state index is 5.66. The fourth-order valence-electron chi connectivity index (χ4n) is 2.41. The molecule has 0 spiro atoms. The van der Waals surface area contributed by atoms with Gasteiger partial charge in [-0.1, -0.05) is 19.1 Å². The van der Waals surface area contributed by atoms with Gasteiger partial charge in [-0.15, -0.1) is 0 Å². The minimum absolute atomic E-state index is 0.238. The normalized spacial score (nSPS) is 19.1. The molecule has 1 saturated carbocycles. The summed E-state index contributed by atoms with van der Waals surface area (Å²) in [6.45, 7) is 6.46. The minimum Gasteiger partial charge on any atom is -0.491 e. The highest BCUT2D eigenvalue weighted by Gasteiger charge is 2.44. The second kappa shape index (κ2) is 4.69. The number of ether oxygens (including phenoxy) is 1. The third kappa shape index (κ3) is 2.81. The Bertz CT molecular complexity index is 365. The first-order valence-electron chi connectivity index (χ1n) is 6.49. The van der Waals surface area contributed by atoms with Crippen LogP contribution in [0.1, 0.15) is 45.2 Å². The van der Waals surface area contributed by atoms with E-state index in [2.05, 4.69) is 50.4 Å². The van der Waals surface area contributed by atoms with Crippen LogP contribution in [0.3, 0.4) is 0 Å². The summed E-state index contributed by atoms with van der Waals surface area (Å²) in [7, 11) is 2.05. The highest BCUT2D eigenvalue weighted by atomic mass is 16.5. The van der Waals surface area contributed by atoms with Gasteiger partial charge in [0, 0.05) is 6.04 Å². The van der Waals surface area contributed by atoms with Gasteiger partial charge in [0.1, 0.15) is 5.75 Å². The molecule has 0 heterocycles. The minimum atomic E-state index is 0.238. The van der Waals surface area contributed by atoms with Crippen molar-refractivity contribution in [1.29, 1.82) is 0 Å². The van der Waals surface area contributed by atoms with Gasteiger partial charge in [-0.05, 0) is 56.8 Å². The van der Waals surface area contributed by atoms with Gasteiger partial charge in [-0.3, -0.25) is 0 Å². The predicted molar refractivity (Wildman–Crippen MR) is 71.3 cm³/mol. The Morgan fingerprint density at radius 3 is 2.18 bits per heavy atom. The summed E-state index contributed by atoms with van der Waals surface area (Å²) in [4.78, 5) is 0. The molecule has 0 aromatic heterocycles. The molecule has 2 rings (SSSR count). The molecule has 1 aromatic rings. The fourth-order valence-corrected chi connectivity index (χ4v) is 2.41. The zero-order valence-electron chi connectivity index (χ0n) is 11.3. The highest BCUT2D eigenvalue weighted by Crippen LogP contribution is 2.54. The molecule has 0 amide bonds. The maximum Gasteiger partial charge on any atom is 0.119 e. The lowest BCUT2D eigenvalue weighted by atomic mass is 9.92. The van der Waals surface area contributed by atoms with Gasteiger partial charge >= 0.3 is 0 Å². The fraction of sp³-hybridized carbons (Fsp3) is 0.600. The van der Waals surface area contributed by atoms with Crippen LogP contribution in [-0.2, 0) is 0 Å². The van der Waals surface area contributed by atoms with Crippen LogP contribution in [0.15, 0.2) is 24.3 Å². The van der Waals surface area contributed by atoms with Gasteiger partial charge in [0.05, 0.1) is 6.10 Å². The number of hydrogen-bond donors (Lipinski definition) is 1. The summed E-state index contributed by atoms with van der Waals surface area (Å²) >= 11 is 0. The second-order valence-corrected chi connectivity index (χ2v) is 5.61. The first-order valence-corrected chi connectivity index (χ1v) is 6.49. The number of rotatable bonds is 5. The molecular formula is C15H23NO. The molecule has 2 heteroatoms. The van der Waals surface area contributed by atoms with Crippen molar-refractivity contribution < 1.29 is 4.74 Å². The molecule has 1 atom stereocenters. The molecule has 1 fully saturated rings. The summed E-state index contributed by atoms with van der Waals surface area (Å²) in [5.41, 5.74) is 1.82.